The number of allylic oxidation sites excluding steroid dienone is 3. The van der Waals surface area contributed by atoms with E-state index in [1.165, 1.54) is 18.6 Å². The number of hydrogen-bond acceptors (Lipinski definition) is 1. The van der Waals surface area contributed by atoms with E-state index in [2.05, 4.69) is 13.2 Å². The maximum atomic E-state index is 10.1. The second-order valence-electron chi connectivity index (χ2n) is 2.82. The lowest BCUT2D eigenvalue weighted by Crippen LogP contribution is -1.76. The van der Waals surface area contributed by atoms with Crippen molar-refractivity contribution in [3.8, 4) is 0 Å². The highest BCUT2D eigenvalue weighted by molar-refractivity contribution is 5.87. The standard InChI is InChI=1S/C8H8.C6H8O/c1-2-8-6-4-3-5-7-8;1-3-4-5-6(2)7/h2-7H,1H2;3-5H,1H2,2H3/b;5-4+. The largest absolute Gasteiger partial charge is 0.295 e. The highest BCUT2D eigenvalue weighted by Crippen LogP contribution is 1.97. The fourth-order valence-corrected chi connectivity index (χ4v) is 0.793. The van der Waals surface area contributed by atoms with Gasteiger partial charge in [0.1, 0.15) is 0 Å². The van der Waals surface area contributed by atoms with Gasteiger partial charge in [-0.25, -0.2) is 0 Å². The van der Waals surface area contributed by atoms with Crippen LogP contribution >= 0.6 is 0 Å². The Morgan fingerprint density at radius 1 is 1.20 bits per heavy atom. The van der Waals surface area contributed by atoms with E-state index in [0.717, 1.165) is 0 Å². The van der Waals surface area contributed by atoms with Crippen LogP contribution in [0.5, 0.6) is 0 Å². The average molecular weight is 200 g/mol. The summed E-state index contributed by atoms with van der Waals surface area (Å²) in [6.45, 7) is 8.52. The molecular formula is C14H16O. The first kappa shape index (κ1) is 13.1. The van der Waals surface area contributed by atoms with Crippen LogP contribution in [-0.4, -0.2) is 5.78 Å². The molecule has 0 amide bonds. The van der Waals surface area contributed by atoms with Gasteiger partial charge < -0.3 is 0 Å². The van der Waals surface area contributed by atoms with Crippen molar-refractivity contribution in [1.29, 1.82) is 0 Å². The second-order valence-corrected chi connectivity index (χ2v) is 2.82. The summed E-state index contributed by atoms with van der Waals surface area (Å²) in [5, 5.41) is 0. The normalized spacial score (nSPS) is 8.87. The molecule has 0 aliphatic rings. The summed E-state index contributed by atoms with van der Waals surface area (Å²) in [7, 11) is 0. The van der Waals surface area contributed by atoms with Gasteiger partial charge in [-0.2, -0.15) is 0 Å². The van der Waals surface area contributed by atoms with Crippen LogP contribution in [0.25, 0.3) is 6.08 Å². The summed E-state index contributed by atoms with van der Waals surface area (Å²) in [6.07, 6.45) is 6.48. The van der Waals surface area contributed by atoms with Crippen LogP contribution in [0.2, 0.25) is 0 Å². The molecule has 0 saturated heterocycles. The van der Waals surface area contributed by atoms with Crippen molar-refractivity contribution in [3.63, 3.8) is 0 Å². The Hall–Kier alpha value is -1.89. The van der Waals surface area contributed by atoms with Crippen molar-refractivity contribution < 1.29 is 4.79 Å². The van der Waals surface area contributed by atoms with Crippen LogP contribution in [0.3, 0.4) is 0 Å². The van der Waals surface area contributed by atoms with E-state index < -0.39 is 0 Å². The quantitative estimate of drug-likeness (QED) is 0.537. The molecule has 0 aliphatic heterocycles. The van der Waals surface area contributed by atoms with Gasteiger partial charge in [-0.1, -0.05) is 61.7 Å². The molecule has 0 aliphatic carbocycles. The van der Waals surface area contributed by atoms with Gasteiger partial charge in [0.2, 0.25) is 0 Å². The van der Waals surface area contributed by atoms with E-state index in [4.69, 9.17) is 0 Å². The van der Waals surface area contributed by atoms with E-state index >= 15 is 0 Å². The molecule has 0 aromatic heterocycles. The SMILES string of the molecule is C=C/C=C/C(C)=O.C=Cc1ccccc1. The molecule has 0 saturated carbocycles. The van der Waals surface area contributed by atoms with Gasteiger partial charge in [-0.3, -0.25) is 4.79 Å². The summed E-state index contributed by atoms with van der Waals surface area (Å²) < 4.78 is 0. The molecule has 0 heterocycles. The van der Waals surface area contributed by atoms with Gasteiger partial charge >= 0.3 is 0 Å². The Balaban J connectivity index is 0.000000265. The highest BCUT2D eigenvalue weighted by atomic mass is 16.1. The summed E-state index contributed by atoms with van der Waals surface area (Å²) >= 11 is 0. The molecule has 0 atom stereocenters. The van der Waals surface area contributed by atoms with E-state index in [1.54, 1.807) is 12.2 Å². The molecule has 1 rings (SSSR count). The Labute approximate surface area is 91.4 Å². The maximum Gasteiger partial charge on any atom is 0.152 e. The van der Waals surface area contributed by atoms with Crippen molar-refractivity contribution in [2.24, 2.45) is 0 Å². The number of carbonyl (C=O) groups excluding carboxylic acids is 1. The minimum Gasteiger partial charge on any atom is -0.295 e. The molecule has 1 heteroatoms. The van der Waals surface area contributed by atoms with Gasteiger partial charge in [-0.05, 0) is 18.6 Å². The monoisotopic (exact) mass is 200 g/mol. The van der Waals surface area contributed by atoms with Crippen LogP contribution in [0.1, 0.15) is 12.5 Å². The first-order valence-electron chi connectivity index (χ1n) is 4.68. The summed E-state index contributed by atoms with van der Waals surface area (Å²) in [5.41, 5.74) is 1.17. The van der Waals surface area contributed by atoms with Crippen molar-refractivity contribution in [2.75, 3.05) is 0 Å². The first-order chi connectivity index (χ1) is 7.20. The zero-order chi connectivity index (χ0) is 11.5. The smallest absolute Gasteiger partial charge is 0.152 e. The van der Waals surface area contributed by atoms with E-state index in [-0.39, 0.29) is 5.78 Å². The van der Waals surface area contributed by atoms with Crippen LogP contribution < -0.4 is 0 Å². The molecule has 1 nitrogen and oxygen atoms in total. The van der Waals surface area contributed by atoms with Gasteiger partial charge in [0.25, 0.3) is 0 Å². The van der Waals surface area contributed by atoms with Crippen LogP contribution in [0.15, 0.2) is 61.7 Å². The molecule has 0 unspecified atom stereocenters. The lowest BCUT2D eigenvalue weighted by atomic mass is 10.2. The van der Waals surface area contributed by atoms with E-state index in [0.29, 0.717) is 0 Å². The van der Waals surface area contributed by atoms with Gasteiger partial charge in [0.05, 0.1) is 0 Å². The van der Waals surface area contributed by atoms with Gasteiger partial charge in [-0.15, -0.1) is 0 Å². The molecule has 15 heavy (non-hydrogen) atoms. The summed E-state index contributed by atoms with van der Waals surface area (Å²) in [5.74, 6) is 0.0555. The van der Waals surface area contributed by atoms with Gasteiger partial charge in [0.15, 0.2) is 5.78 Å². The predicted molar refractivity (Wildman–Crippen MR) is 66.6 cm³/mol. The third-order valence-corrected chi connectivity index (χ3v) is 1.50. The number of hydrogen-bond donors (Lipinski definition) is 0. The predicted octanol–water partition coefficient (Wildman–Crippen LogP) is 3.65. The fourth-order valence-electron chi connectivity index (χ4n) is 0.793. The molecule has 0 spiro atoms. The summed E-state index contributed by atoms with van der Waals surface area (Å²) in [6, 6.07) is 10.0. The van der Waals surface area contributed by atoms with Crippen LogP contribution in [-0.2, 0) is 4.79 Å². The minimum absolute atomic E-state index is 0.0555. The van der Waals surface area contributed by atoms with Crippen molar-refractivity contribution in [3.05, 3.63) is 67.3 Å². The van der Waals surface area contributed by atoms with Crippen LogP contribution in [0, 0.1) is 0 Å². The zero-order valence-electron chi connectivity index (χ0n) is 9.02. The number of benzene rings is 1. The van der Waals surface area contributed by atoms with E-state index in [9.17, 15) is 4.79 Å². The number of rotatable bonds is 3. The average Bonchev–Trinajstić information content (AvgIpc) is 2.28. The van der Waals surface area contributed by atoms with Crippen LogP contribution in [0.4, 0.5) is 0 Å². The Kier molecular flexibility index (Phi) is 7.60. The fraction of sp³-hybridized carbons (Fsp3) is 0.0714. The third kappa shape index (κ3) is 8.44. The summed E-state index contributed by atoms with van der Waals surface area (Å²) in [4.78, 5) is 10.1. The number of carbonyl (C=O) groups is 1. The lowest BCUT2D eigenvalue weighted by molar-refractivity contribution is -0.112. The highest BCUT2D eigenvalue weighted by Gasteiger charge is 1.76. The number of ketones is 1. The Bertz CT molecular complexity index is 334. The lowest BCUT2D eigenvalue weighted by Gasteiger charge is -1.85. The Morgan fingerprint density at radius 3 is 2.07 bits per heavy atom. The maximum absolute atomic E-state index is 10.1. The molecule has 1 aromatic rings. The van der Waals surface area contributed by atoms with E-state index in [1.807, 2.05) is 36.4 Å². The molecule has 0 N–H and O–H groups in total. The van der Waals surface area contributed by atoms with Crippen molar-refractivity contribution in [2.45, 2.75) is 6.92 Å². The molecule has 0 radical (unpaired) electrons. The topological polar surface area (TPSA) is 17.1 Å². The second kappa shape index (κ2) is 8.70. The zero-order valence-corrected chi connectivity index (χ0v) is 9.02. The van der Waals surface area contributed by atoms with Crippen molar-refractivity contribution in [1.82, 2.24) is 0 Å². The molecule has 0 fully saturated rings. The Morgan fingerprint density at radius 2 is 1.80 bits per heavy atom. The first-order valence-corrected chi connectivity index (χ1v) is 4.68. The molecule has 1 aromatic carbocycles. The molecular weight excluding hydrogens is 184 g/mol. The van der Waals surface area contributed by atoms with Crippen molar-refractivity contribution >= 4 is 11.9 Å². The molecule has 78 valence electrons. The third-order valence-electron chi connectivity index (χ3n) is 1.50. The molecule has 0 bridgehead atoms. The van der Waals surface area contributed by atoms with Gasteiger partial charge in [0, 0.05) is 0 Å². The minimum atomic E-state index is 0.0555.